The molecule has 1 atom stereocenters. The van der Waals surface area contributed by atoms with Crippen LogP contribution in [0.5, 0.6) is 11.5 Å². The van der Waals surface area contributed by atoms with Crippen molar-refractivity contribution < 1.29 is 19.1 Å². The Labute approximate surface area is 181 Å². The molecule has 1 aromatic heterocycles. The molecule has 0 radical (unpaired) electrons. The summed E-state index contributed by atoms with van der Waals surface area (Å²) >= 11 is 1.61. The standard InChI is InChI=1S/C23H28N2O4S/c1-28-18-8-7-17(14-19(18)29-2)24-22(26)15-6-9-20-16(12-15)13-21(30-20)23(27)25-10-4-3-5-11-25/h7-8,13-15H,3-6,9-12H2,1-2H3,(H,24,26)/t15-/m0/s1. The van der Waals surface area contributed by atoms with Crippen LogP contribution in [-0.4, -0.2) is 44.0 Å². The molecule has 7 heteroatoms. The minimum absolute atomic E-state index is 0.00276. The van der Waals surface area contributed by atoms with Crippen LogP contribution in [0.25, 0.3) is 0 Å². The number of aryl methyl sites for hydroxylation is 1. The van der Waals surface area contributed by atoms with Crippen molar-refractivity contribution in [2.75, 3.05) is 32.6 Å². The number of ether oxygens (including phenoxy) is 2. The van der Waals surface area contributed by atoms with E-state index in [2.05, 4.69) is 5.32 Å². The summed E-state index contributed by atoms with van der Waals surface area (Å²) in [5.74, 6) is 1.27. The molecule has 2 aliphatic rings. The fourth-order valence-electron chi connectivity index (χ4n) is 4.26. The Kier molecular flexibility index (Phi) is 6.27. The quantitative estimate of drug-likeness (QED) is 0.777. The minimum Gasteiger partial charge on any atom is -0.493 e. The Hall–Kier alpha value is -2.54. The summed E-state index contributed by atoms with van der Waals surface area (Å²) in [6.45, 7) is 1.72. The van der Waals surface area contributed by atoms with Gasteiger partial charge in [-0.15, -0.1) is 11.3 Å². The number of thiophene rings is 1. The zero-order valence-corrected chi connectivity index (χ0v) is 18.3. The van der Waals surface area contributed by atoms with Crippen LogP contribution in [0, 0.1) is 5.92 Å². The van der Waals surface area contributed by atoms with Crippen molar-refractivity contribution in [3.05, 3.63) is 39.6 Å². The lowest BCUT2D eigenvalue weighted by molar-refractivity contribution is -0.120. The van der Waals surface area contributed by atoms with Crippen molar-refractivity contribution in [2.45, 2.75) is 38.5 Å². The Morgan fingerprint density at radius 2 is 1.83 bits per heavy atom. The molecule has 2 amide bonds. The number of benzene rings is 1. The van der Waals surface area contributed by atoms with Crippen LogP contribution in [0.3, 0.4) is 0 Å². The molecule has 0 bridgehead atoms. The number of fused-ring (bicyclic) bond motifs is 1. The van der Waals surface area contributed by atoms with Gasteiger partial charge in [-0.25, -0.2) is 0 Å². The topological polar surface area (TPSA) is 67.9 Å². The van der Waals surface area contributed by atoms with Gasteiger partial charge in [0.25, 0.3) is 5.91 Å². The van der Waals surface area contributed by atoms with E-state index in [0.717, 1.165) is 49.2 Å². The van der Waals surface area contributed by atoms with E-state index >= 15 is 0 Å². The van der Waals surface area contributed by atoms with Gasteiger partial charge in [-0.3, -0.25) is 9.59 Å². The van der Waals surface area contributed by atoms with Gasteiger partial charge in [0.05, 0.1) is 19.1 Å². The van der Waals surface area contributed by atoms with Crippen molar-refractivity contribution in [3.8, 4) is 11.5 Å². The second kappa shape index (κ2) is 9.08. The first-order valence-electron chi connectivity index (χ1n) is 10.5. The lowest BCUT2D eigenvalue weighted by Gasteiger charge is -2.26. The number of hydrogen-bond donors (Lipinski definition) is 1. The smallest absolute Gasteiger partial charge is 0.263 e. The number of nitrogens with zero attached hydrogens (tertiary/aromatic N) is 1. The van der Waals surface area contributed by atoms with Gasteiger partial charge in [-0.05, 0) is 62.3 Å². The predicted molar refractivity (Wildman–Crippen MR) is 118 cm³/mol. The van der Waals surface area contributed by atoms with Crippen LogP contribution < -0.4 is 14.8 Å². The molecule has 1 fully saturated rings. The van der Waals surface area contributed by atoms with Gasteiger partial charge in [-0.1, -0.05) is 0 Å². The zero-order valence-electron chi connectivity index (χ0n) is 17.5. The van der Waals surface area contributed by atoms with E-state index in [1.165, 1.54) is 11.3 Å². The number of nitrogens with one attached hydrogen (secondary N) is 1. The molecule has 1 aliphatic heterocycles. The summed E-state index contributed by atoms with van der Waals surface area (Å²) in [7, 11) is 3.16. The van der Waals surface area contributed by atoms with Crippen LogP contribution in [0.4, 0.5) is 5.69 Å². The van der Waals surface area contributed by atoms with E-state index in [1.807, 2.05) is 17.0 Å². The molecular weight excluding hydrogens is 400 g/mol. The first kappa shape index (κ1) is 20.7. The van der Waals surface area contributed by atoms with Crippen molar-refractivity contribution >= 4 is 28.8 Å². The number of likely N-dealkylation sites (tertiary alicyclic amines) is 1. The van der Waals surface area contributed by atoms with Crippen LogP contribution in [0.2, 0.25) is 0 Å². The highest BCUT2D eigenvalue weighted by molar-refractivity contribution is 7.14. The average Bonchev–Trinajstić information content (AvgIpc) is 3.22. The average molecular weight is 429 g/mol. The lowest BCUT2D eigenvalue weighted by Crippen LogP contribution is -2.35. The molecule has 6 nitrogen and oxygen atoms in total. The van der Waals surface area contributed by atoms with Crippen LogP contribution in [0.15, 0.2) is 24.3 Å². The van der Waals surface area contributed by atoms with Crippen molar-refractivity contribution in [1.82, 2.24) is 4.90 Å². The first-order valence-corrected chi connectivity index (χ1v) is 11.3. The third-order valence-corrected chi connectivity index (χ3v) is 7.18. The summed E-state index contributed by atoms with van der Waals surface area (Å²) in [5, 5.41) is 3.00. The summed E-state index contributed by atoms with van der Waals surface area (Å²) < 4.78 is 10.6. The Balaban J connectivity index is 1.42. The zero-order chi connectivity index (χ0) is 21.1. The van der Waals surface area contributed by atoms with E-state index in [-0.39, 0.29) is 17.7 Å². The maximum absolute atomic E-state index is 12.9. The van der Waals surface area contributed by atoms with Gasteiger partial charge in [0.1, 0.15) is 0 Å². The summed E-state index contributed by atoms with van der Waals surface area (Å²) in [6, 6.07) is 7.38. The van der Waals surface area contributed by atoms with Gasteiger partial charge in [0, 0.05) is 35.6 Å². The maximum atomic E-state index is 12.9. The van der Waals surface area contributed by atoms with Crippen molar-refractivity contribution in [2.24, 2.45) is 5.92 Å². The SMILES string of the molecule is COc1ccc(NC(=O)[C@H]2CCc3sc(C(=O)N4CCCCC4)cc3C2)cc1OC. The van der Waals surface area contributed by atoms with Crippen LogP contribution in [-0.2, 0) is 17.6 Å². The Morgan fingerprint density at radius 1 is 1.07 bits per heavy atom. The van der Waals surface area contributed by atoms with Gasteiger partial charge in [0.2, 0.25) is 5.91 Å². The molecule has 2 aromatic rings. The Morgan fingerprint density at radius 3 is 2.57 bits per heavy atom. The van der Waals surface area contributed by atoms with Crippen LogP contribution in [0.1, 0.15) is 45.8 Å². The fraction of sp³-hybridized carbons (Fsp3) is 0.478. The second-order valence-corrected chi connectivity index (χ2v) is 9.05. The number of methoxy groups -OCH3 is 2. The number of carbonyl (C=O) groups excluding carboxylic acids is 2. The molecular formula is C23H28N2O4S. The van der Waals surface area contributed by atoms with E-state index in [9.17, 15) is 9.59 Å². The summed E-state index contributed by atoms with van der Waals surface area (Å²) in [6.07, 6.45) is 5.71. The number of carbonyl (C=O) groups is 2. The van der Waals surface area contributed by atoms with Crippen LogP contribution >= 0.6 is 11.3 Å². The van der Waals surface area contributed by atoms with E-state index in [1.54, 1.807) is 37.7 Å². The number of rotatable bonds is 5. The van der Waals surface area contributed by atoms with Gasteiger partial charge in [-0.2, -0.15) is 0 Å². The molecule has 0 unspecified atom stereocenters. The summed E-state index contributed by atoms with van der Waals surface area (Å²) in [4.78, 5) is 29.7. The number of piperidine rings is 1. The third kappa shape index (κ3) is 4.31. The lowest BCUT2D eigenvalue weighted by atomic mass is 9.87. The van der Waals surface area contributed by atoms with E-state index in [4.69, 9.17) is 9.47 Å². The van der Waals surface area contributed by atoms with Crippen molar-refractivity contribution in [1.29, 1.82) is 0 Å². The number of anilines is 1. The molecule has 4 rings (SSSR count). The highest BCUT2D eigenvalue weighted by Crippen LogP contribution is 2.35. The minimum atomic E-state index is -0.0989. The number of amides is 2. The molecule has 1 saturated heterocycles. The third-order valence-electron chi connectivity index (χ3n) is 5.96. The molecule has 1 N–H and O–H groups in total. The molecule has 2 heterocycles. The predicted octanol–water partition coefficient (Wildman–Crippen LogP) is 4.14. The molecule has 1 aromatic carbocycles. The monoisotopic (exact) mass is 428 g/mol. The summed E-state index contributed by atoms with van der Waals surface area (Å²) in [5.41, 5.74) is 1.84. The normalized spacial score (nSPS) is 18.5. The second-order valence-electron chi connectivity index (χ2n) is 7.91. The molecule has 160 valence electrons. The maximum Gasteiger partial charge on any atom is 0.263 e. The van der Waals surface area contributed by atoms with Gasteiger partial charge in [0.15, 0.2) is 11.5 Å². The highest BCUT2D eigenvalue weighted by Gasteiger charge is 2.29. The Bertz CT molecular complexity index is 933. The molecule has 0 spiro atoms. The van der Waals surface area contributed by atoms with E-state index < -0.39 is 0 Å². The highest BCUT2D eigenvalue weighted by atomic mass is 32.1. The van der Waals surface area contributed by atoms with Gasteiger partial charge < -0.3 is 19.7 Å². The first-order chi connectivity index (χ1) is 14.6. The molecule has 1 aliphatic carbocycles. The molecule has 0 saturated carbocycles. The van der Waals surface area contributed by atoms with E-state index in [0.29, 0.717) is 23.6 Å². The molecule has 30 heavy (non-hydrogen) atoms. The largest absolute Gasteiger partial charge is 0.493 e. The fourth-order valence-corrected chi connectivity index (χ4v) is 5.44. The van der Waals surface area contributed by atoms with Crippen molar-refractivity contribution in [3.63, 3.8) is 0 Å². The number of hydrogen-bond acceptors (Lipinski definition) is 5. The van der Waals surface area contributed by atoms with Gasteiger partial charge >= 0.3 is 0 Å².